The fourth-order valence-corrected chi connectivity index (χ4v) is 3.43. The summed E-state index contributed by atoms with van der Waals surface area (Å²) in [4.78, 5) is 13.3. The highest BCUT2D eigenvalue weighted by atomic mass is 19.3. The number of ether oxygens (including phenoxy) is 1. The van der Waals surface area contributed by atoms with Gasteiger partial charge in [0.1, 0.15) is 23.1 Å². The van der Waals surface area contributed by atoms with Gasteiger partial charge in [0.2, 0.25) is 5.88 Å². The molecule has 1 aromatic carbocycles. The van der Waals surface area contributed by atoms with Crippen LogP contribution in [0.1, 0.15) is 36.3 Å². The van der Waals surface area contributed by atoms with E-state index < -0.39 is 23.8 Å². The lowest BCUT2D eigenvalue weighted by Crippen LogP contribution is -2.13. The number of methoxy groups -OCH3 is 1. The van der Waals surface area contributed by atoms with E-state index in [1.807, 2.05) is 35.2 Å². The Bertz CT molecular complexity index is 1230. The van der Waals surface area contributed by atoms with E-state index in [0.717, 1.165) is 6.07 Å². The van der Waals surface area contributed by atoms with Crippen molar-refractivity contribution < 1.29 is 17.9 Å². The summed E-state index contributed by atoms with van der Waals surface area (Å²) in [6.45, 7) is 3.39. The molecule has 1 N–H and O–H groups in total. The van der Waals surface area contributed by atoms with Crippen LogP contribution in [-0.4, -0.2) is 26.6 Å². The second kappa shape index (κ2) is 8.25. The quantitative estimate of drug-likeness (QED) is 0.447. The van der Waals surface area contributed by atoms with Crippen LogP contribution < -0.4 is 10.1 Å². The third-order valence-corrected chi connectivity index (χ3v) is 4.93. The molecule has 0 aliphatic carbocycles. The molecule has 0 radical (unpaired) electrons. The zero-order valence-electron chi connectivity index (χ0n) is 17.1. The lowest BCUT2D eigenvalue weighted by molar-refractivity contribution is 0.146. The molecule has 3 heterocycles. The van der Waals surface area contributed by atoms with Gasteiger partial charge in [-0.2, -0.15) is 4.98 Å². The molecule has 1 atom stereocenters. The van der Waals surface area contributed by atoms with Gasteiger partial charge in [-0.1, -0.05) is 18.2 Å². The molecule has 31 heavy (non-hydrogen) atoms. The number of fused-ring (bicyclic) bond motifs is 1. The summed E-state index contributed by atoms with van der Waals surface area (Å²) >= 11 is 0. The first-order valence-corrected chi connectivity index (χ1v) is 9.58. The molecule has 9 heteroatoms. The van der Waals surface area contributed by atoms with E-state index in [0.29, 0.717) is 34.2 Å². The van der Waals surface area contributed by atoms with Gasteiger partial charge in [0.25, 0.3) is 6.43 Å². The molecule has 0 aliphatic heterocycles. The van der Waals surface area contributed by atoms with Crippen LogP contribution in [0.5, 0.6) is 5.88 Å². The van der Waals surface area contributed by atoms with Gasteiger partial charge in [-0.25, -0.2) is 23.1 Å². The first-order valence-electron chi connectivity index (χ1n) is 9.58. The van der Waals surface area contributed by atoms with Gasteiger partial charge >= 0.3 is 0 Å². The molecule has 0 saturated carbocycles. The van der Waals surface area contributed by atoms with Crippen molar-refractivity contribution in [2.45, 2.75) is 26.3 Å². The van der Waals surface area contributed by atoms with E-state index in [1.54, 1.807) is 13.8 Å². The van der Waals surface area contributed by atoms with Gasteiger partial charge in [0.15, 0.2) is 5.65 Å². The van der Waals surface area contributed by atoms with Crippen molar-refractivity contribution in [1.29, 1.82) is 0 Å². The highest BCUT2D eigenvalue weighted by Crippen LogP contribution is 2.32. The molecule has 0 unspecified atom stereocenters. The number of pyridine rings is 1. The van der Waals surface area contributed by atoms with Crippen LogP contribution in [0, 0.1) is 12.7 Å². The Morgan fingerprint density at radius 3 is 2.42 bits per heavy atom. The smallest absolute Gasteiger partial charge is 0.266 e. The fourth-order valence-electron chi connectivity index (χ4n) is 3.43. The molecule has 0 aliphatic rings. The molecule has 0 amide bonds. The highest BCUT2D eigenvalue weighted by molar-refractivity contribution is 5.89. The SMILES string of the molecule is COc1nc2nc(C)nc(N[C@H](C)c3cccc(C(F)F)c3F)c2cc1-n1cccc1. The van der Waals surface area contributed by atoms with Gasteiger partial charge in [0, 0.05) is 18.0 Å². The number of rotatable bonds is 6. The molecule has 4 aromatic rings. The zero-order chi connectivity index (χ0) is 22.1. The van der Waals surface area contributed by atoms with Crippen LogP contribution in [0.2, 0.25) is 0 Å². The van der Waals surface area contributed by atoms with Crippen LogP contribution in [0.4, 0.5) is 19.0 Å². The van der Waals surface area contributed by atoms with Crippen molar-refractivity contribution in [3.05, 3.63) is 71.6 Å². The minimum absolute atomic E-state index is 0.120. The summed E-state index contributed by atoms with van der Waals surface area (Å²) in [6.07, 6.45) is 0.804. The minimum Gasteiger partial charge on any atom is -0.479 e. The second-order valence-electron chi connectivity index (χ2n) is 7.01. The van der Waals surface area contributed by atoms with Crippen molar-refractivity contribution in [3.8, 4) is 11.6 Å². The standard InChI is InChI=1S/C22H20F3N5O/c1-12(14-7-6-8-15(18(14)23)19(24)25)26-20-16-11-17(30-9-4-5-10-30)22(31-3)29-21(16)28-13(2)27-20/h4-12,19H,1-3H3,(H,26,27,28,29)/t12-/m1/s1. The lowest BCUT2D eigenvalue weighted by atomic mass is 10.0. The van der Waals surface area contributed by atoms with E-state index >= 15 is 0 Å². The van der Waals surface area contributed by atoms with Crippen LogP contribution >= 0.6 is 0 Å². The zero-order valence-corrected chi connectivity index (χ0v) is 17.1. The first-order chi connectivity index (χ1) is 14.9. The summed E-state index contributed by atoms with van der Waals surface area (Å²) in [5.74, 6) is 0.324. The Kier molecular flexibility index (Phi) is 5.50. The number of halogens is 3. The maximum Gasteiger partial charge on any atom is 0.266 e. The van der Waals surface area contributed by atoms with Gasteiger partial charge in [-0.3, -0.25) is 0 Å². The van der Waals surface area contributed by atoms with Crippen LogP contribution in [0.3, 0.4) is 0 Å². The molecular weight excluding hydrogens is 407 g/mol. The Morgan fingerprint density at radius 2 is 1.74 bits per heavy atom. The second-order valence-corrected chi connectivity index (χ2v) is 7.01. The molecular formula is C22H20F3N5O. The summed E-state index contributed by atoms with van der Waals surface area (Å²) < 4.78 is 48.1. The largest absolute Gasteiger partial charge is 0.479 e. The molecule has 0 saturated heterocycles. The predicted molar refractivity (Wildman–Crippen MR) is 111 cm³/mol. The van der Waals surface area contributed by atoms with Crippen molar-refractivity contribution in [3.63, 3.8) is 0 Å². The molecule has 6 nitrogen and oxygen atoms in total. The first kappa shape index (κ1) is 20.6. The number of benzene rings is 1. The molecule has 0 bridgehead atoms. The third-order valence-electron chi connectivity index (χ3n) is 4.93. The number of anilines is 1. The Balaban J connectivity index is 1.81. The summed E-state index contributed by atoms with van der Waals surface area (Å²) in [5.41, 5.74) is 0.566. The van der Waals surface area contributed by atoms with Crippen molar-refractivity contribution >= 4 is 16.9 Å². The van der Waals surface area contributed by atoms with E-state index in [-0.39, 0.29) is 5.56 Å². The minimum atomic E-state index is -2.89. The van der Waals surface area contributed by atoms with Crippen molar-refractivity contribution in [2.24, 2.45) is 0 Å². The molecule has 3 aromatic heterocycles. The average Bonchev–Trinajstić information content (AvgIpc) is 3.27. The summed E-state index contributed by atoms with van der Waals surface area (Å²) in [6, 6.07) is 8.90. The topological polar surface area (TPSA) is 64.9 Å². The number of nitrogens with one attached hydrogen (secondary N) is 1. The predicted octanol–water partition coefficient (Wildman–Crippen LogP) is 5.38. The summed E-state index contributed by atoms with van der Waals surface area (Å²) in [5, 5.41) is 3.72. The third kappa shape index (κ3) is 3.90. The average molecular weight is 427 g/mol. The maximum atomic E-state index is 14.6. The van der Waals surface area contributed by atoms with Gasteiger partial charge in [-0.15, -0.1) is 0 Å². The van der Waals surface area contributed by atoms with Crippen LogP contribution in [-0.2, 0) is 0 Å². The Hall–Kier alpha value is -3.62. The summed E-state index contributed by atoms with van der Waals surface area (Å²) in [7, 11) is 1.52. The number of hydrogen-bond donors (Lipinski definition) is 1. The Labute approximate surface area is 176 Å². The van der Waals surface area contributed by atoms with Crippen molar-refractivity contribution in [2.75, 3.05) is 12.4 Å². The van der Waals surface area contributed by atoms with Gasteiger partial charge in [-0.05, 0) is 32.0 Å². The van der Waals surface area contributed by atoms with E-state index in [9.17, 15) is 13.2 Å². The van der Waals surface area contributed by atoms with E-state index in [2.05, 4.69) is 20.3 Å². The number of alkyl halides is 2. The van der Waals surface area contributed by atoms with Crippen LogP contribution in [0.25, 0.3) is 16.7 Å². The molecule has 0 fully saturated rings. The molecule has 0 spiro atoms. The Morgan fingerprint density at radius 1 is 1.03 bits per heavy atom. The number of aromatic nitrogens is 4. The molecule has 160 valence electrons. The van der Waals surface area contributed by atoms with E-state index in [4.69, 9.17) is 4.74 Å². The van der Waals surface area contributed by atoms with Crippen molar-refractivity contribution in [1.82, 2.24) is 19.5 Å². The number of nitrogens with zero attached hydrogens (tertiary/aromatic N) is 4. The monoisotopic (exact) mass is 427 g/mol. The maximum absolute atomic E-state index is 14.6. The van der Waals surface area contributed by atoms with E-state index in [1.165, 1.54) is 19.2 Å². The number of aryl methyl sites for hydroxylation is 1. The fraction of sp³-hybridized carbons (Fsp3) is 0.227. The molecule has 4 rings (SSSR count). The normalized spacial score (nSPS) is 12.4. The number of hydrogen-bond acceptors (Lipinski definition) is 5. The van der Waals surface area contributed by atoms with Gasteiger partial charge < -0.3 is 14.6 Å². The lowest BCUT2D eigenvalue weighted by Gasteiger charge is -2.19. The highest BCUT2D eigenvalue weighted by Gasteiger charge is 2.21. The van der Waals surface area contributed by atoms with Gasteiger partial charge in [0.05, 0.1) is 24.1 Å². The van der Waals surface area contributed by atoms with Crippen LogP contribution in [0.15, 0.2) is 48.8 Å².